The molecular formula is C48H92O6. The molecule has 0 aliphatic heterocycles. The first-order chi connectivity index (χ1) is 26.2. The van der Waals surface area contributed by atoms with E-state index in [1.807, 2.05) is 0 Å². The molecule has 54 heavy (non-hydrogen) atoms. The van der Waals surface area contributed by atoms with E-state index in [-0.39, 0.29) is 31.1 Å². The Morgan fingerprint density at radius 1 is 0.352 bits per heavy atom. The highest BCUT2D eigenvalue weighted by Crippen LogP contribution is 2.18. The van der Waals surface area contributed by atoms with Crippen LogP contribution < -0.4 is 0 Å². The Labute approximate surface area is 336 Å². The molecule has 0 rings (SSSR count). The highest BCUT2D eigenvalue weighted by molar-refractivity contribution is 5.71. The van der Waals surface area contributed by atoms with Gasteiger partial charge in [-0.05, 0) is 37.0 Å². The summed E-state index contributed by atoms with van der Waals surface area (Å²) >= 11 is 0. The third-order valence-electron chi connectivity index (χ3n) is 11.7. The monoisotopic (exact) mass is 765 g/mol. The molecule has 0 amide bonds. The molecule has 0 aliphatic rings. The van der Waals surface area contributed by atoms with Gasteiger partial charge in [-0.15, -0.1) is 0 Å². The zero-order valence-electron chi connectivity index (χ0n) is 37.0. The maximum atomic E-state index is 12.7. The maximum Gasteiger partial charge on any atom is 0.306 e. The molecule has 0 heterocycles. The topological polar surface area (TPSA) is 78.9 Å². The lowest BCUT2D eigenvalue weighted by molar-refractivity contribution is -0.167. The third kappa shape index (κ3) is 37.3. The highest BCUT2D eigenvalue weighted by Gasteiger charge is 2.19. The summed E-state index contributed by atoms with van der Waals surface area (Å²) in [5.41, 5.74) is 0. The number of carbonyl (C=O) groups excluding carboxylic acids is 3. The minimum absolute atomic E-state index is 0.0666. The smallest absolute Gasteiger partial charge is 0.306 e. The number of hydrogen-bond acceptors (Lipinski definition) is 6. The number of rotatable bonds is 41. The van der Waals surface area contributed by atoms with Gasteiger partial charge in [-0.2, -0.15) is 0 Å². The summed E-state index contributed by atoms with van der Waals surface area (Å²) in [7, 11) is 0. The van der Waals surface area contributed by atoms with Crippen LogP contribution >= 0.6 is 0 Å². The van der Waals surface area contributed by atoms with Gasteiger partial charge in [-0.3, -0.25) is 14.4 Å². The number of carbonyl (C=O) groups is 3. The Bertz CT molecular complexity index is 843. The standard InChI is InChI=1S/C48H92O6/c1-7-42(4)34-28-22-16-12-10-11-13-18-25-31-37-46(49)52-40-45(41-53-47(50)38-32-26-21-20-24-30-36-44(6)9-3)54-48(51)39-33-27-19-15-14-17-23-29-35-43(5)8-2/h42-45H,7-41H2,1-6H3/t42?,43?,44?,45-/m0/s1. The van der Waals surface area contributed by atoms with E-state index in [4.69, 9.17) is 14.2 Å². The Kier molecular flexibility index (Phi) is 38.5. The molecule has 3 unspecified atom stereocenters. The molecule has 0 aromatic rings. The molecule has 0 N–H and O–H groups in total. The molecule has 0 aromatic heterocycles. The van der Waals surface area contributed by atoms with Crippen molar-refractivity contribution in [3.8, 4) is 0 Å². The molecule has 6 heteroatoms. The van der Waals surface area contributed by atoms with Gasteiger partial charge in [0.25, 0.3) is 0 Å². The zero-order chi connectivity index (χ0) is 39.9. The van der Waals surface area contributed by atoms with E-state index in [1.54, 1.807) is 0 Å². The van der Waals surface area contributed by atoms with E-state index in [1.165, 1.54) is 135 Å². The first-order valence-corrected chi connectivity index (χ1v) is 23.7. The highest BCUT2D eigenvalue weighted by atomic mass is 16.6. The fourth-order valence-electron chi connectivity index (χ4n) is 6.96. The normalized spacial score (nSPS) is 13.7. The molecule has 320 valence electrons. The van der Waals surface area contributed by atoms with Crippen molar-refractivity contribution in [2.45, 2.75) is 260 Å². The number of esters is 3. The van der Waals surface area contributed by atoms with Crippen LogP contribution in [0.2, 0.25) is 0 Å². The minimum Gasteiger partial charge on any atom is -0.462 e. The Morgan fingerprint density at radius 2 is 0.593 bits per heavy atom. The van der Waals surface area contributed by atoms with Gasteiger partial charge >= 0.3 is 17.9 Å². The Morgan fingerprint density at radius 3 is 0.870 bits per heavy atom. The Hall–Kier alpha value is -1.59. The summed E-state index contributed by atoms with van der Waals surface area (Å²) in [6.07, 6.45) is 36.5. The van der Waals surface area contributed by atoms with Crippen molar-refractivity contribution in [3.63, 3.8) is 0 Å². The number of ether oxygens (including phenoxy) is 3. The van der Waals surface area contributed by atoms with E-state index in [0.29, 0.717) is 19.3 Å². The lowest BCUT2D eigenvalue weighted by Crippen LogP contribution is -2.30. The molecule has 6 nitrogen and oxygen atoms in total. The Balaban J connectivity index is 4.36. The van der Waals surface area contributed by atoms with Crippen molar-refractivity contribution in [2.75, 3.05) is 13.2 Å². The average Bonchev–Trinajstić information content (AvgIpc) is 3.17. The molecular weight excluding hydrogens is 673 g/mol. The quantitative estimate of drug-likeness (QED) is 0.0350. The molecule has 0 spiro atoms. The number of hydrogen-bond donors (Lipinski definition) is 0. The summed E-state index contributed by atoms with van der Waals surface area (Å²) in [5.74, 6) is 1.66. The van der Waals surface area contributed by atoms with E-state index < -0.39 is 6.10 Å². The second kappa shape index (κ2) is 39.6. The van der Waals surface area contributed by atoms with Gasteiger partial charge in [0.1, 0.15) is 13.2 Å². The summed E-state index contributed by atoms with van der Waals surface area (Å²) in [6, 6.07) is 0. The van der Waals surface area contributed by atoms with Crippen LogP contribution in [0, 0.1) is 17.8 Å². The van der Waals surface area contributed by atoms with Gasteiger partial charge in [-0.1, -0.05) is 215 Å². The van der Waals surface area contributed by atoms with E-state index in [2.05, 4.69) is 41.5 Å². The lowest BCUT2D eigenvalue weighted by Gasteiger charge is -2.18. The van der Waals surface area contributed by atoms with Gasteiger partial charge < -0.3 is 14.2 Å². The van der Waals surface area contributed by atoms with Crippen LogP contribution in [0.1, 0.15) is 253 Å². The zero-order valence-corrected chi connectivity index (χ0v) is 37.0. The first-order valence-electron chi connectivity index (χ1n) is 23.7. The van der Waals surface area contributed by atoms with Crippen molar-refractivity contribution in [2.24, 2.45) is 17.8 Å². The second-order valence-corrected chi connectivity index (χ2v) is 17.1. The maximum absolute atomic E-state index is 12.7. The molecule has 0 aliphatic carbocycles. The molecule has 4 atom stereocenters. The lowest BCUT2D eigenvalue weighted by atomic mass is 9.99. The van der Waals surface area contributed by atoms with Gasteiger partial charge in [0.15, 0.2) is 6.10 Å². The molecule has 0 radical (unpaired) electrons. The van der Waals surface area contributed by atoms with Crippen LogP contribution in [0.4, 0.5) is 0 Å². The van der Waals surface area contributed by atoms with Crippen LogP contribution in [0.3, 0.4) is 0 Å². The summed E-state index contributed by atoms with van der Waals surface area (Å²) in [5, 5.41) is 0. The molecule has 0 saturated heterocycles. The fourth-order valence-corrected chi connectivity index (χ4v) is 6.96. The van der Waals surface area contributed by atoms with E-state index in [9.17, 15) is 14.4 Å². The summed E-state index contributed by atoms with van der Waals surface area (Å²) in [4.78, 5) is 37.8. The number of unbranched alkanes of at least 4 members (excludes halogenated alkanes) is 21. The third-order valence-corrected chi connectivity index (χ3v) is 11.7. The van der Waals surface area contributed by atoms with Gasteiger partial charge in [0.05, 0.1) is 0 Å². The van der Waals surface area contributed by atoms with Crippen LogP contribution in [-0.2, 0) is 28.6 Å². The second-order valence-electron chi connectivity index (χ2n) is 17.1. The van der Waals surface area contributed by atoms with Gasteiger partial charge in [-0.25, -0.2) is 0 Å². The van der Waals surface area contributed by atoms with Crippen molar-refractivity contribution in [3.05, 3.63) is 0 Å². The SMILES string of the molecule is CCC(C)CCCCCCCCCCCCC(=O)OC[C@@H](COC(=O)CCCCCCCCC(C)CC)OC(=O)CCCCCCCCCCC(C)CC. The average molecular weight is 765 g/mol. The van der Waals surface area contributed by atoms with Crippen LogP contribution in [0.25, 0.3) is 0 Å². The predicted octanol–water partition coefficient (Wildman–Crippen LogP) is 14.8. The van der Waals surface area contributed by atoms with Crippen molar-refractivity contribution in [1.29, 1.82) is 0 Å². The molecule has 0 aromatic carbocycles. The summed E-state index contributed by atoms with van der Waals surface area (Å²) in [6.45, 7) is 13.7. The van der Waals surface area contributed by atoms with Crippen molar-refractivity contribution >= 4 is 17.9 Å². The first kappa shape index (κ1) is 52.4. The minimum atomic E-state index is -0.763. The van der Waals surface area contributed by atoms with Gasteiger partial charge in [0, 0.05) is 19.3 Å². The van der Waals surface area contributed by atoms with E-state index in [0.717, 1.165) is 75.5 Å². The van der Waals surface area contributed by atoms with Crippen LogP contribution in [0.5, 0.6) is 0 Å². The van der Waals surface area contributed by atoms with Gasteiger partial charge in [0.2, 0.25) is 0 Å². The van der Waals surface area contributed by atoms with Crippen molar-refractivity contribution in [1.82, 2.24) is 0 Å². The molecule has 0 saturated carbocycles. The van der Waals surface area contributed by atoms with Crippen molar-refractivity contribution < 1.29 is 28.6 Å². The fraction of sp³-hybridized carbons (Fsp3) is 0.938. The van der Waals surface area contributed by atoms with Crippen LogP contribution in [-0.4, -0.2) is 37.2 Å². The largest absolute Gasteiger partial charge is 0.462 e. The summed E-state index contributed by atoms with van der Waals surface area (Å²) < 4.78 is 16.7. The van der Waals surface area contributed by atoms with E-state index >= 15 is 0 Å². The predicted molar refractivity (Wildman–Crippen MR) is 229 cm³/mol. The molecule has 0 fully saturated rings. The van der Waals surface area contributed by atoms with Crippen LogP contribution in [0.15, 0.2) is 0 Å². The molecule has 0 bridgehead atoms.